The van der Waals surface area contributed by atoms with Crippen molar-refractivity contribution in [1.29, 1.82) is 0 Å². The molecule has 5 heteroatoms. The van der Waals surface area contributed by atoms with E-state index in [0.29, 0.717) is 0 Å². The van der Waals surface area contributed by atoms with Crippen LogP contribution in [-0.4, -0.2) is 27.7 Å². The van der Waals surface area contributed by atoms with E-state index in [1.807, 2.05) is 0 Å². The Kier molecular flexibility index (Phi) is 4.45. The van der Waals surface area contributed by atoms with E-state index < -0.39 is 0 Å². The molecule has 1 saturated heterocycles. The predicted octanol–water partition coefficient (Wildman–Crippen LogP) is 6.76. The minimum Gasteiger partial charge on any atom is -0.399 e. The molecule has 0 radical (unpaired) electrons. The van der Waals surface area contributed by atoms with E-state index in [-0.39, 0.29) is 18.3 Å². The van der Waals surface area contributed by atoms with Crippen LogP contribution in [0.25, 0.3) is 49.5 Å². The number of pyridine rings is 1. The van der Waals surface area contributed by atoms with E-state index in [1.165, 1.54) is 21.7 Å². The van der Waals surface area contributed by atoms with Crippen LogP contribution in [-0.2, 0) is 9.31 Å². The maximum absolute atomic E-state index is 6.23. The SMILES string of the molecule is CC1(C)OB(c2ccc(-c3ccc4nc5c6ccccc6c6ccccc6n5c4c3)cc2)OC1(C)C. The van der Waals surface area contributed by atoms with Gasteiger partial charge in [-0.05, 0) is 67.9 Å². The Morgan fingerprint density at radius 3 is 1.97 bits per heavy atom. The summed E-state index contributed by atoms with van der Waals surface area (Å²) < 4.78 is 14.8. The van der Waals surface area contributed by atoms with Crippen molar-refractivity contribution in [3.8, 4) is 11.1 Å². The summed E-state index contributed by atoms with van der Waals surface area (Å²) >= 11 is 0. The summed E-state index contributed by atoms with van der Waals surface area (Å²) in [4.78, 5) is 5.05. The van der Waals surface area contributed by atoms with E-state index in [0.717, 1.165) is 33.3 Å². The van der Waals surface area contributed by atoms with Gasteiger partial charge in [0.1, 0.15) is 5.65 Å². The lowest BCUT2D eigenvalue weighted by Gasteiger charge is -2.32. The summed E-state index contributed by atoms with van der Waals surface area (Å²) in [6.45, 7) is 8.33. The Morgan fingerprint density at radius 2 is 1.25 bits per heavy atom. The number of nitrogens with zero attached hydrogens (tertiary/aromatic N) is 2. The average Bonchev–Trinajstić information content (AvgIpc) is 3.37. The van der Waals surface area contributed by atoms with Crippen LogP contribution in [0, 0.1) is 0 Å². The third kappa shape index (κ3) is 3.06. The number of hydrogen-bond acceptors (Lipinski definition) is 3. The van der Waals surface area contributed by atoms with Gasteiger partial charge in [-0.2, -0.15) is 0 Å². The lowest BCUT2D eigenvalue weighted by Crippen LogP contribution is -2.41. The first-order valence-electron chi connectivity index (χ1n) is 12.5. The summed E-state index contributed by atoms with van der Waals surface area (Å²) in [5, 5.41) is 3.63. The van der Waals surface area contributed by atoms with Crippen LogP contribution in [0.5, 0.6) is 0 Å². The van der Waals surface area contributed by atoms with Crippen molar-refractivity contribution < 1.29 is 9.31 Å². The van der Waals surface area contributed by atoms with Crippen LogP contribution in [0.15, 0.2) is 91.0 Å². The standard InChI is InChI=1S/C31H27BN2O2/c1-30(2)31(3,4)36-32(35-30)22-16-13-20(14-17-22)21-15-18-26-28(19-21)34-27-12-8-7-10-24(27)23-9-5-6-11-25(23)29(34)33-26/h5-19H,1-4H3. The van der Waals surface area contributed by atoms with E-state index in [1.54, 1.807) is 0 Å². The minimum atomic E-state index is -0.357. The predicted molar refractivity (Wildman–Crippen MR) is 149 cm³/mol. The van der Waals surface area contributed by atoms with Crippen LogP contribution in [0.3, 0.4) is 0 Å². The molecule has 0 N–H and O–H groups in total. The summed E-state index contributed by atoms with van der Waals surface area (Å²) in [6, 6.07) is 32.2. The van der Waals surface area contributed by atoms with Crippen LogP contribution < -0.4 is 5.46 Å². The van der Waals surface area contributed by atoms with Crippen molar-refractivity contribution in [2.24, 2.45) is 0 Å². The van der Waals surface area contributed by atoms with Crippen LogP contribution in [0.1, 0.15) is 27.7 Å². The molecular weight excluding hydrogens is 443 g/mol. The molecule has 2 aromatic heterocycles. The van der Waals surface area contributed by atoms with Crippen molar-refractivity contribution in [2.75, 3.05) is 0 Å². The molecule has 7 rings (SSSR count). The fraction of sp³-hybridized carbons (Fsp3) is 0.194. The first kappa shape index (κ1) is 21.6. The number of aromatic nitrogens is 2. The zero-order valence-corrected chi connectivity index (χ0v) is 20.9. The molecule has 1 fully saturated rings. The molecule has 0 atom stereocenters. The summed E-state index contributed by atoms with van der Waals surface area (Å²) in [7, 11) is -0.357. The molecule has 4 aromatic carbocycles. The lowest BCUT2D eigenvalue weighted by molar-refractivity contribution is 0.00578. The Morgan fingerprint density at radius 1 is 0.639 bits per heavy atom. The summed E-state index contributed by atoms with van der Waals surface area (Å²) in [5.41, 5.74) is 6.91. The topological polar surface area (TPSA) is 35.8 Å². The van der Waals surface area contributed by atoms with Gasteiger partial charge in [0.25, 0.3) is 0 Å². The number of para-hydroxylation sites is 1. The van der Waals surface area contributed by atoms with Gasteiger partial charge in [-0.3, -0.25) is 4.40 Å². The second kappa shape index (κ2) is 7.42. The highest BCUT2D eigenvalue weighted by atomic mass is 16.7. The smallest absolute Gasteiger partial charge is 0.399 e. The molecule has 1 aliphatic rings. The van der Waals surface area contributed by atoms with Crippen molar-refractivity contribution in [3.63, 3.8) is 0 Å². The second-order valence-corrected chi connectivity index (χ2v) is 10.7. The van der Waals surface area contributed by atoms with Crippen LogP contribution >= 0.6 is 0 Å². The third-order valence-electron chi connectivity index (χ3n) is 8.03. The fourth-order valence-electron chi connectivity index (χ4n) is 5.30. The van der Waals surface area contributed by atoms with Gasteiger partial charge in [-0.15, -0.1) is 0 Å². The van der Waals surface area contributed by atoms with Gasteiger partial charge >= 0.3 is 7.12 Å². The van der Waals surface area contributed by atoms with Gasteiger partial charge in [0.15, 0.2) is 0 Å². The molecule has 1 aliphatic heterocycles. The summed E-state index contributed by atoms with van der Waals surface area (Å²) in [5.74, 6) is 0. The van der Waals surface area contributed by atoms with Crippen molar-refractivity contribution in [2.45, 2.75) is 38.9 Å². The highest BCUT2D eigenvalue weighted by Crippen LogP contribution is 2.37. The largest absolute Gasteiger partial charge is 0.494 e. The number of imidazole rings is 1. The molecule has 4 nitrogen and oxygen atoms in total. The molecule has 0 spiro atoms. The van der Waals surface area contributed by atoms with Crippen LogP contribution in [0.4, 0.5) is 0 Å². The first-order chi connectivity index (χ1) is 17.3. The molecule has 36 heavy (non-hydrogen) atoms. The Labute approximate surface area is 210 Å². The van der Waals surface area contributed by atoms with Gasteiger partial charge in [0.05, 0.1) is 27.8 Å². The second-order valence-electron chi connectivity index (χ2n) is 10.7. The molecule has 0 bridgehead atoms. The molecule has 3 heterocycles. The Hall–Kier alpha value is -3.67. The fourth-order valence-corrected chi connectivity index (χ4v) is 5.30. The number of fused-ring (bicyclic) bond motifs is 8. The molecule has 176 valence electrons. The van der Waals surface area contributed by atoms with E-state index in [9.17, 15) is 0 Å². The third-order valence-corrected chi connectivity index (χ3v) is 8.03. The molecule has 6 aromatic rings. The van der Waals surface area contributed by atoms with Gasteiger partial charge in [0, 0.05) is 10.8 Å². The van der Waals surface area contributed by atoms with E-state index in [4.69, 9.17) is 14.3 Å². The lowest BCUT2D eigenvalue weighted by atomic mass is 9.78. The van der Waals surface area contributed by atoms with Crippen LogP contribution in [0.2, 0.25) is 0 Å². The normalized spacial score (nSPS) is 17.1. The number of rotatable bonds is 2. The van der Waals surface area contributed by atoms with E-state index in [2.05, 4.69) is 123 Å². The average molecular weight is 470 g/mol. The molecule has 0 aliphatic carbocycles. The van der Waals surface area contributed by atoms with Gasteiger partial charge in [-0.1, -0.05) is 72.8 Å². The Bertz CT molecular complexity index is 1790. The van der Waals surface area contributed by atoms with Crippen molar-refractivity contribution >= 4 is 50.9 Å². The van der Waals surface area contributed by atoms with Gasteiger partial charge < -0.3 is 9.31 Å². The zero-order chi connectivity index (χ0) is 24.7. The number of hydrogen-bond donors (Lipinski definition) is 0. The first-order valence-corrected chi connectivity index (χ1v) is 12.5. The summed E-state index contributed by atoms with van der Waals surface area (Å²) in [6.07, 6.45) is 0. The minimum absolute atomic E-state index is 0.350. The molecule has 0 amide bonds. The molecule has 0 unspecified atom stereocenters. The van der Waals surface area contributed by atoms with Crippen molar-refractivity contribution in [1.82, 2.24) is 9.38 Å². The quantitative estimate of drug-likeness (QED) is 0.207. The zero-order valence-electron chi connectivity index (χ0n) is 20.9. The number of benzene rings is 4. The van der Waals surface area contributed by atoms with Gasteiger partial charge in [0.2, 0.25) is 0 Å². The maximum atomic E-state index is 6.23. The highest BCUT2D eigenvalue weighted by molar-refractivity contribution is 6.62. The van der Waals surface area contributed by atoms with Crippen molar-refractivity contribution in [3.05, 3.63) is 91.0 Å². The van der Waals surface area contributed by atoms with Gasteiger partial charge in [-0.25, -0.2) is 4.98 Å². The van der Waals surface area contributed by atoms with E-state index >= 15 is 0 Å². The monoisotopic (exact) mass is 470 g/mol. The molecule has 0 saturated carbocycles. The maximum Gasteiger partial charge on any atom is 0.494 e. The Balaban J connectivity index is 1.36. The molecular formula is C31H27BN2O2. The highest BCUT2D eigenvalue weighted by Gasteiger charge is 2.51.